The molecule has 0 heterocycles. The number of hydrogen-bond acceptors (Lipinski definition) is 5. The van der Waals surface area contributed by atoms with E-state index in [1.54, 1.807) is 30.3 Å². The van der Waals surface area contributed by atoms with Gasteiger partial charge in [-0.25, -0.2) is 4.79 Å². The Balaban J connectivity index is 1.59. The first kappa shape index (κ1) is 23.1. The van der Waals surface area contributed by atoms with Gasteiger partial charge < -0.3 is 15.2 Å². The van der Waals surface area contributed by atoms with Crippen LogP contribution in [0.3, 0.4) is 0 Å². The van der Waals surface area contributed by atoms with Crippen molar-refractivity contribution in [3.63, 3.8) is 0 Å². The summed E-state index contributed by atoms with van der Waals surface area (Å²) in [7, 11) is 0. The van der Waals surface area contributed by atoms with E-state index in [-0.39, 0.29) is 17.0 Å². The summed E-state index contributed by atoms with van der Waals surface area (Å²) in [5.74, 6) is -0.320. The second-order valence-corrected chi connectivity index (χ2v) is 7.12. The number of phenolic OH excluding ortho intramolecular Hbond substituents is 1. The zero-order chi connectivity index (χ0) is 23.5. The van der Waals surface area contributed by atoms with Crippen LogP contribution in [0.25, 0.3) is 6.08 Å². The summed E-state index contributed by atoms with van der Waals surface area (Å²) in [5, 5.41) is 24.7. The average molecular weight is 441 g/mol. The molecule has 0 aliphatic carbocycles. The third kappa shape index (κ3) is 7.26. The fourth-order valence-electron chi connectivity index (χ4n) is 3.02. The van der Waals surface area contributed by atoms with Crippen LogP contribution >= 0.6 is 0 Å². The molecule has 7 heteroatoms. The Bertz CT molecular complexity index is 1170. The maximum atomic E-state index is 12.4. The second-order valence-electron chi connectivity index (χ2n) is 7.12. The minimum absolute atomic E-state index is 0.0850. The van der Waals surface area contributed by atoms with E-state index in [1.807, 2.05) is 36.4 Å². The minimum Gasteiger partial charge on any atom is -0.506 e. The van der Waals surface area contributed by atoms with E-state index in [1.165, 1.54) is 29.8 Å². The molecule has 33 heavy (non-hydrogen) atoms. The Morgan fingerprint density at radius 2 is 1.70 bits per heavy atom. The number of nitrogens with zero attached hydrogens (tertiary/aromatic N) is 1. The maximum absolute atomic E-state index is 12.4. The number of phenols is 1. The number of ether oxygens (including phenoxy) is 1. The Morgan fingerprint density at radius 3 is 2.39 bits per heavy atom. The number of nitrogens with one attached hydrogen (secondary N) is 2. The van der Waals surface area contributed by atoms with Crippen LogP contribution in [0.2, 0.25) is 0 Å². The molecule has 0 radical (unpaired) electrons. The number of hydrogen-bond donors (Lipinski definition) is 3. The van der Waals surface area contributed by atoms with Crippen molar-refractivity contribution in [3.8, 4) is 17.6 Å². The first-order chi connectivity index (χ1) is 16.0. The molecule has 0 aliphatic rings. The molecular weight excluding hydrogens is 418 g/mol. The van der Waals surface area contributed by atoms with E-state index in [2.05, 4.69) is 10.6 Å². The summed E-state index contributed by atoms with van der Waals surface area (Å²) in [6, 6.07) is 24.6. The predicted molar refractivity (Wildman–Crippen MR) is 126 cm³/mol. The molecule has 0 aromatic heterocycles. The smallest absolute Gasteiger partial charge is 0.417 e. The molecule has 0 atom stereocenters. The van der Waals surface area contributed by atoms with Crippen molar-refractivity contribution in [1.82, 2.24) is 5.32 Å². The zero-order valence-electron chi connectivity index (χ0n) is 17.8. The van der Waals surface area contributed by atoms with E-state index < -0.39 is 12.0 Å². The molecule has 0 bridgehead atoms. The maximum Gasteiger partial charge on any atom is 0.417 e. The molecule has 3 aromatic rings. The van der Waals surface area contributed by atoms with Crippen molar-refractivity contribution in [2.75, 3.05) is 11.9 Å². The highest BCUT2D eigenvalue weighted by molar-refractivity contribution is 6.02. The monoisotopic (exact) mass is 441 g/mol. The van der Waals surface area contributed by atoms with Crippen LogP contribution < -0.4 is 15.4 Å². The lowest BCUT2D eigenvalue weighted by molar-refractivity contribution is -0.117. The number of carbonyl (C=O) groups is 2. The molecule has 7 nitrogen and oxygen atoms in total. The van der Waals surface area contributed by atoms with Gasteiger partial charge in [0.15, 0.2) is 0 Å². The fourth-order valence-corrected chi connectivity index (χ4v) is 3.02. The van der Waals surface area contributed by atoms with Crippen LogP contribution in [0.1, 0.15) is 17.5 Å². The molecule has 166 valence electrons. The number of carbonyl (C=O) groups excluding carboxylic acids is 2. The molecule has 3 rings (SSSR count). The summed E-state index contributed by atoms with van der Waals surface area (Å²) in [6.07, 6.45) is 2.17. The van der Waals surface area contributed by atoms with Gasteiger partial charge in [0.05, 0.1) is 5.69 Å². The average Bonchev–Trinajstić information content (AvgIpc) is 2.83. The Morgan fingerprint density at radius 1 is 1.00 bits per heavy atom. The van der Waals surface area contributed by atoms with Gasteiger partial charge in [-0.3, -0.25) is 10.1 Å². The highest BCUT2D eigenvalue weighted by atomic mass is 16.6. The van der Waals surface area contributed by atoms with Gasteiger partial charge in [-0.2, -0.15) is 5.26 Å². The van der Waals surface area contributed by atoms with Gasteiger partial charge >= 0.3 is 6.09 Å². The van der Waals surface area contributed by atoms with Gasteiger partial charge in [0, 0.05) is 6.54 Å². The minimum atomic E-state index is -0.783. The number of anilines is 1. The molecule has 0 aliphatic heterocycles. The molecule has 3 aromatic carbocycles. The van der Waals surface area contributed by atoms with Crippen molar-refractivity contribution in [3.05, 3.63) is 95.6 Å². The Kier molecular flexibility index (Phi) is 8.21. The molecule has 3 N–H and O–H groups in total. The number of aromatic hydroxyl groups is 1. The van der Waals surface area contributed by atoms with Crippen LogP contribution in [-0.2, 0) is 11.2 Å². The second kappa shape index (κ2) is 11.7. The normalized spacial score (nSPS) is 10.7. The topological polar surface area (TPSA) is 111 Å². The third-order valence-electron chi connectivity index (χ3n) is 4.66. The number of benzene rings is 3. The van der Waals surface area contributed by atoms with Crippen molar-refractivity contribution >= 4 is 23.8 Å². The van der Waals surface area contributed by atoms with E-state index in [0.717, 1.165) is 12.8 Å². The Labute approximate surface area is 191 Å². The van der Waals surface area contributed by atoms with Gasteiger partial charge in [-0.05, 0) is 54.3 Å². The fraction of sp³-hybridized carbons (Fsp3) is 0.115. The lowest BCUT2D eigenvalue weighted by atomic mass is 10.1. The molecular formula is C26H23N3O4. The lowest BCUT2D eigenvalue weighted by Crippen LogP contribution is -2.25. The van der Waals surface area contributed by atoms with Gasteiger partial charge in [-0.1, -0.05) is 54.6 Å². The molecule has 0 fully saturated rings. The van der Waals surface area contributed by atoms with Gasteiger partial charge in [0.1, 0.15) is 23.1 Å². The molecule has 0 unspecified atom stereocenters. The largest absolute Gasteiger partial charge is 0.506 e. The summed E-state index contributed by atoms with van der Waals surface area (Å²) < 4.78 is 5.15. The molecule has 0 spiro atoms. The molecule has 2 amide bonds. The van der Waals surface area contributed by atoms with Crippen molar-refractivity contribution in [2.24, 2.45) is 0 Å². The highest BCUT2D eigenvalue weighted by Gasteiger charge is 2.12. The summed E-state index contributed by atoms with van der Waals surface area (Å²) >= 11 is 0. The van der Waals surface area contributed by atoms with Crippen LogP contribution in [0, 0.1) is 11.3 Å². The van der Waals surface area contributed by atoms with Gasteiger partial charge in [0.25, 0.3) is 5.91 Å². The predicted octanol–water partition coefficient (Wildman–Crippen LogP) is 4.66. The number of rotatable bonds is 8. The van der Waals surface area contributed by atoms with E-state index in [4.69, 9.17) is 4.74 Å². The van der Waals surface area contributed by atoms with Gasteiger partial charge in [-0.15, -0.1) is 0 Å². The highest BCUT2D eigenvalue weighted by Crippen LogP contribution is 2.26. The van der Waals surface area contributed by atoms with Crippen LogP contribution in [0.15, 0.2) is 84.4 Å². The number of para-hydroxylation sites is 1. The van der Waals surface area contributed by atoms with E-state index in [9.17, 15) is 20.0 Å². The molecule has 0 saturated heterocycles. The van der Waals surface area contributed by atoms with E-state index >= 15 is 0 Å². The third-order valence-corrected chi connectivity index (χ3v) is 4.66. The quantitative estimate of drug-likeness (QED) is 0.204. The van der Waals surface area contributed by atoms with Crippen LogP contribution in [-0.4, -0.2) is 23.7 Å². The first-order valence-corrected chi connectivity index (χ1v) is 10.4. The number of nitriles is 1. The van der Waals surface area contributed by atoms with Crippen molar-refractivity contribution < 1.29 is 19.4 Å². The number of amides is 2. The van der Waals surface area contributed by atoms with Gasteiger partial charge in [0.2, 0.25) is 0 Å². The first-order valence-electron chi connectivity index (χ1n) is 10.4. The van der Waals surface area contributed by atoms with E-state index in [0.29, 0.717) is 17.9 Å². The van der Waals surface area contributed by atoms with Crippen molar-refractivity contribution in [2.45, 2.75) is 12.8 Å². The van der Waals surface area contributed by atoms with Crippen LogP contribution in [0.5, 0.6) is 11.5 Å². The standard InChI is InChI=1S/C26H23N3O4/c27-18-21(25(31)28-15-7-10-19-8-3-1-4-9-19)16-20-13-14-24(30)23(17-20)29-26(32)33-22-11-5-2-6-12-22/h1-6,8-9,11-14,16-17,30H,7,10,15H2,(H,28,31)(H,29,32). The van der Waals surface area contributed by atoms with Crippen LogP contribution in [0.4, 0.5) is 10.5 Å². The summed E-state index contributed by atoms with van der Waals surface area (Å²) in [4.78, 5) is 24.5. The number of aryl methyl sites for hydroxylation is 1. The lowest BCUT2D eigenvalue weighted by Gasteiger charge is -2.09. The van der Waals surface area contributed by atoms with Crippen molar-refractivity contribution in [1.29, 1.82) is 5.26 Å². The molecule has 0 saturated carbocycles. The SMILES string of the molecule is N#CC(=Cc1ccc(O)c(NC(=O)Oc2ccccc2)c1)C(=O)NCCCc1ccccc1. The Hall–Kier alpha value is -4.57. The summed E-state index contributed by atoms with van der Waals surface area (Å²) in [6.45, 7) is 0.431. The summed E-state index contributed by atoms with van der Waals surface area (Å²) in [5.41, 5.74) is 1.64. The zero-order valence-corrected chi connectivity index (χ0v) is 17.8.